The Morgan fingerprint density at radius 1 is 1.35 bits per heavy atom. The molecular weight excluding hydrogens is 398 g/mol. The maximum atomic E-state index is 12.9. The van der Waals surface area contributed by atoms with Crippen LogP contribution in [0.15, 0.2) is 27.4 Å². The Balaban J connectivity index is 1.45. The summed E-state index contributed by atoms with van der Waals surface area (Å²) in [7, 11) is 5.54. The van der Waals surface area contributed by atoms with Gasteiger partial charge in [0.05, 0.1) is 13.7 Å². The largest absolute Gasteiger partial charge is 0.497 e. The van der Waals surface area contributed by atoms with Crippen molar-refractivity contribution in [1.29, 1.82) is 0 Å². The Hall–Kier alpha value is -3.07. The van der Waals surface area contributed by atoms with Crippen LogP contribution in [0.25, 0.3) is 11.0 Å². The molecule has 0 spiro atoms. The fourth-order valence-electron chi connectivity index (χ4n) is 4.01. The number of likely N-dealkylation sites (N-methyl/N-ethyl adjacent to an activating group) is 1. The molecule has 1 aromatic carbocycles. The lowest BCUT2D eigenvalue weighted by Gasteiger charge is -2.15. The van der Waals surface area contributed by atoms with Gasteiger partial charge in [-0.05, 0) is 46.0 Å². The third-order valence-electron chi connectivity index (χ3n) is 5.86. The fourth-order valence-corrected chi connectivity index (χ4v) is 4.01. The van der Waals surface area contributed by atoms with E-state index < -0.39 is 0 Å². The van der Waals surface area contributed by atoms with Crippen molar-refractivity contribution in [2.24, 2.45) is 0 Å². The third-order valence-corrected chi connectivity index (χ3v) is 5.86. The second-order valence-corrected chi connectivity index (χ2v) is 8.29. The predicted molar refractivity (Wildman–Crippen MR) is 117 cm³/mol. The molecule has 1 aliphatic heterocycles. The molecule has 4 rings (SSSR count). The van der Waals surface area contributed by atoms with Crippen molar-refractivity contribution in [2.75, 3.05) is 27.7 Å². The van der Waals surface area contributed by atoms with Crippen LogP contribution in [0.4, 0.5) is 0 Å². The van der Waals surface area contributed by atoms with Gasteiger partial charge in [-0.3, -0.25) is 9.36 Å². The van der Waals surface area contributed by atoms with Crippen molar-refractivity contribution < 1.29 is 13.9 Å². The van der Waals surface area contributed by atoms with Crippen molar-refractivity contribution in [1.82, 2.24) is 24.6 Å². The topological polar surface area (TPSA) is 94.5 Å². The van der Waals surface area contributed by atoms with E-state index >= 15 is 0 Å². The van der Waals surface area contributed by atoms with Crippen molar-refractivity contribution in [3.63, 3.8) is 0 Å². The first kappa shape index (κ1) is 21.2. The Bertz CT molecular complexity index is 1160. The number of hydrogen-bond donors (Lipinski definition) is 1. The Morgan fingerprint density at radius 2 is 2.16 bits per heavy atom. The number of aromatic nitrogens is 3. The van der Waals surface area contributed by atoms with Gasteiger partial charge in [-0.2, -0.15) is 5.10 Å². The van der Waals surface area contributed by atoms with E-state index in [4.69, 9.17) is 9.15 Å². The van der Waals surface area contributed by atoms with Crippen molar-refractivity contribution in [3.05, 3.63) is 45.8 Å². The first-order chi connectivity index (χ1) is 14.9. The average Bonchev–Trinajstić information content (AvgIpc) is 3.15. The van der Waals surface area contributed by atoms with Crippen LogP contribution in [0.2, 0.25) is 0 Å². The SMILES string of the molecule is COc1ccc2c(C)c(C(=O)NC3CCc4nn(CCN(C)C)c(=O)n4CC3)oc2c1. The molecule has 0 fully saturated rings. The lowest BCUT2D eigenvalue weighted by Crippen LogP contribution is -2.36. The first-order valence-corrected chi connectivity index (χ1v) is 10.6. The van der Waals surface area contributed by atoms with Crippen molar-refractivity contribution >= 4 is 16.9 Å². The number of methoxy groups -OCH3 is 1. The second-order valence-electron chi connectivity index (χ2n) is 8.29. The van der Waals surface area contributed by atoms with E-state index in [2.05, 4.69) is 10.4 Å². The van der Waals surface area contributed by atoms with E-state index in [1.165, 1.54) is 0 Å². The van der Waals surface area contributed by atoms with Gasteiger partial charge in [0, 0.05) is 42.6 Å². The first-order valence-electron chi connectivity index (χ1n) is 10.6. The summed E-state index contributed by atoms with van der Waals surface area (Å²) < 4.78 is 14.4. The second kappa shape index (κ2) is 8.58. The summed E-state index contributed by atoms with van der Waals surface area (Å²) >= 11 is 0. The number of fused-ring (bicyclic) bond motifs is 2. The van der Waals surface area contributed by atoms with Crippen LogP contribution < -0.4 is 15.7 Å². The number of carbonyl (C=O) groups is 1. The van der Waals surface area contributed by atoms with Gasteiger partial charge >= 0.3 is 5.69 Å². The van der Waals surface area contributed by atoms with Gasteiger partial charge < -0.3 is 19.4 Å². The lowest BCUT2D eigenvalue weighted by molar-refractivity contribution is 0.0906. The van der Waals surface area contributed by atoms with Crippen LogP contribution in [0.1, 0.15) is 34.8 Å². The standard InChI is InChI=1S/C22H29N5O4/c1-14-17-7-6-16(30-4)13-18(17)31-20(14)21(28)23-15-5-8-19-24-27(12-11-25(2)3)22(29)26(19)10-9-15/h6-7,13,15H,5,8-12H2,1-4H3,(H,23,28). The summed E-state index contributed by atoms with van der Waals surface area (Å²) in [5.41, 5.74) is 1.35. The highest BCUT2D eigenvalue weighted by atomic mass is 16.5. The minimum Gasteiger partial charge on any atom is -0.497 e. The lowest BCUT2D eigenvalue weighted by atomic mass is 10.1. The van der Waals surface area contributed by atoms with E-state index in [0.29, 0.717) is 43.0 Å². The molecule has 31 heavy (non-hydrogen) atoms. The van der Waals surface area contributed by atoms with Gasteiger partial charge in [-0.1, -0.05) is 0 Å². The number of carbonyl (C=O) groups excluding carboxylic acids is 1. The number of nitrogens with one attached hydrogen (secondary N) is 1. The minimum atomic E-state index is -0.236. The van der Waals surface area contributed by atoms with Gasteiger partial charge in [0.1, 0.15) is 17.2 Å². The molecule has 1 aliphatic rings. The quantitative estimate of drug-likeness (QED) is 0.645. The molecule has 0 radical (unpaired) electrons. The molecule has 2 aromatic heterocycles. The normalized spacial score (nSPS) is 16.4. The molecule has 3 aromatic rings. The van der Waals surface area contributed by atoms with E-state index in [1.807, 2.05) is 38.1 Å². The van der Waals surface area contributed by atoms with Gasteiger partial charge in [0.15, 0.2) is 5.76 Å². The monoisotopic (exact) mass is 427 g/mol. The summed E-state index contributed by atoms with van der Waals surface area (Å²) in [6, 6.07) is 5.48. The fraction of sp³-hybridized carbons (Fsp3) is 0.500. The van der Waals surface area contributed by atoms with E-state index in [9.17, 15) is 9.59 Å². The molecule has 0 saturated carbocycles. The maximum Gasteiger partial charge on any atom is 0.345 e. The Kier molecular flexibility index (Phi) is 5.86. The smallest absolute Gasteiger partial charge is 0.345 e. The van der Waals surface area contributed by atoms with E-state index in [-0.39, 0.29) is 17.6 Å². The molecular formula is C22H29N5O4. The zero-order chi connectivity index (χ0) is 22.1. The molecule has 166 valence electrons. The minimum absolute atomic E-state index is 0.0500. The highest BCUT2D eigenvalue weighted by Crippen LogP contribution is 2.28. The van der Waals surface area contributed by atoms with E-state index in [0.717, 1.165) is 29.7 Å². The summed E-state index contributed by atoms with van der Waals surface area (Å²) in [5.74, 6) is 1.55. The maximum absolute atomic E-state index is 12.9. The average molecular weight is 428 g/mol. The molecule has 0 aliphatic carbocycles. The Morgan fingerprint density at radius 3 is 2.90 bits per heavy atom. The van der Waals surface area contributed by atoms with Crippen LogP contribution in [-0.2, 0) is 19.5 Å². The number of furan rings is 1. The van der Waals surface area contributed by atoms with Crippen LogP contribution in [-0.4, -0.2) is 58.9 Å². The summed E-state index contributed by atoms with van der Waals surface area (Å²) in [5, 5.41) is 8.49. The van der Waals surface area contributed by atoms with Crippen LogP contribution >= 0.6 is 0 Å². The summed E-state index contributed by atoms with van der Waals surface area (Å²) in [6.07, 6.45) is 2.04. The summed E-state index contributed by atoms with van der Waals surface area (Å²) in [4.78, 5) is 27.6. The van der Waals surface area contributed by atoms with E-state index in [1.54, 1.807) is 22.4 Å². The van der Waals surface area contributed by atoms with Gasteiger partial charge in [0.2, 0.25) is 0 Å². The molecule has 1 atom stereocenters. The molecule has 9 nitrogen and oxygen atoms in total. The van der Waals surface area contributed by atoms with Gasteiger partial charge in [-0.15, -0.1) is 0 Å². The molecule has 3 heterocycles. The molecule has 9 heteroatoms. The van der Waals surface area contributed by atoms with Crippen LogP contribution in [0.3, 0.4) is 0 Å². The molecule has 1 amide bonds. The number of rotatable bonds is 6. The molecule has 1 unspecified atom stereocenters. The Labute approximate surface area is 180 Å². The summed E-state index contributed by atoms with van der Waals surface area (Å²) in [6.45, 7) is 3.75. The molecule has 0 bridgehead atoms. The van der Waals surface area contributed by atoms with Gasteiger partial charge in [-0.25, -0.2) is 9.48 Å². The van der Waals surface area contributed by atoms with Gasteiger partial charge in [0.25, 0.3) is 5.91 Å². The zero-order valence-electron chi connectivity index (χ0n) is 18.5. The number of nitrogens with zero attached hydrogens (tertiary/aromatic N) is 4. The number of hydrogen-bond acceptors (Lipinski definition) is 6. The number of aryl methyl sites for hydroxylation is 2. The number of amides is 1. The number of ether oxygens (including phenoxy) is 1. The van der Waals surface area contributed by atoms with Crippen molar-refractivity contribution in [2.45, 2.75) is 45.3 Å². The van der Waals surface area contributed by atoms with Crippen molar-refractivity contribution in [3.8, 4) is 5.75 Å². The van der Waals surface area contributed by atoms with Crippen LogP contribution in [0, 0.1) is 6.92 Å². The van der Waals surface area contributed by atoms with Crippen LogP contribution in [0.5, 0.6) is 5.75 Å². The molecule has 0 saturated heterocycles. The highest BCUT2D eigenvalue weighted by molar-refractivity contribution is 5.99. The zero-order valence-corrected chi connectivity index (χ0v) is 18.5. The predicted octanol–water partition coefficient (Wildman–Crippen LogP) is 1.80. The highest BCUT2D eigenvalue weighted by Gasteiger charge is 2.25. The number of benzene rings is 1. The molecule has 1 N–H and O–H groups in total. The third kappa shape index (κ3) is 4.23.